The first kappa shape index (κ1) is 8.64. The number of fused-ring (bicyclic) bond motifs is 1. The van der Waals surface area contributed by atoms with Crippen LogP contribution in [-0.4, -0.2) is 0 Å². The molecule has 0 aromatic heterocycles. The molecule has 1 atom stereocenters. The molecule has 13 heavy (non-hydrogen) atoms. The van der Waals surface area contributed by atoms with Gasteiger partial charge in [0.25, 0.3) is 0 Å². The summed E-state index contributed by atoms with van der Waals surface area (Å²) in [5.41, 5.74) is 2.43. The van der Waals surface area contributed by atoms with Gasteiger partial charge in [0, 0.05) is 23.9 Å². The van der Waals surface area contributed by atoms with Crippen LogP contribution in [0.5, 0.6) is 0 Å². The van der Waals surface area contributed by atoms with E-state index in [1.807, 2.05) is 12.3 Å². The highest BCUT2D eigenvalue weighted by Gasteiger charge is 2.17. The van der Waals surface area contributed by atoms with Crippen LogP contribution in [0.2, 0.25) is 0 Å². The standard InChI is InChI=1S/C11H12ClN/c1-2-9-7-8-13(12)11-6-4-3-5-10(9)11/h3-9H,2H2,1H3. The molecule has 0 bridgehead atoms. The first-order valence-corrected chi connectivity index (χ1v) is 4.89. The highest BCUT2D eigenvalue weighted by molar-refractivity contribution is 6.27. The highest BCUT2D eigenvalue weighted by Crippen LogP contribution is 2.35. The van der Waals surface area contributed by atoms with Crippen molar-refractivity contribution in [1.82, 2.24) is 0 Å². The predicted molar refractivity (Wildman–Crippen MR) is 56.9 cm³/mol. The van der Waals surface area contributed by atoms with Crippen molar-refractivity contribution in [3.8, 4) is 0 Å². The lowest BCUT2D eigenvalue weighted by Gasteiger charge is -2.24. The summed E-state index contributed by atoms with van der Waals surface area (Å²) < 4.78 is 1.65. The van der Waals surface area contributed by atoms with Crippen molar-refractivity contribution in [2.24, 2.45) is 0 Å². The van der Waals surface area contributed by atoms with Crippen LogP contribution in [0.1, 0.15) is 24.8 Å². The molecular formula is C11H12ClN. The minimum atomic E-state index is 0.520. The Labute approximate surface area is 83.7 Å². The minimum Gasteiger partial charge on any atom is -0.261 e. The second-order valence-corrected chi connectivity index (χ2v) is 3.59. The van der Waals surface area contributed by atoms with Gasteiger partial charge in [-0.15, -0.1) is 0 Å². The highest BCUT2D eigenvalue weighted by atomic mass is 35.5. The van der Waals surface area contributed by atoms with Crippen LogP contribution in [0.15, 0.2) is 36.5 Å². The molecule has 0 fully saturated rings. The zero-order valence-electron chi connectivity index (χ0n) is 7.57. The van der Waals surface area contributed by atoms with Gasteiger partial charge in [-0.2, -0.15) is 0 Å². The summed E-state index contributed by atoms with van der Waals surface area (Å²) in [5, 5.41) is 0. The fourth-order valence-corrected chi connectivity index (χ4v) is 1.93. The van der Waals surface area contributed by atoms with Gasteiger partial charge in [0.15, 0.2) is 0 Å². The molecule has 0 aliphatic carbocycles. The fraction of sp³-hybridized carbons (Fsp3) is 0.273. The van der Waals surface area contributed by atoms with Crippen LogP contribution in [0.25, 0.3) is 0 Å². The van der Waals surface area contributed by atoms with Crippen LogP contribution in [0.4, 0.5) is 5.69 Å². The molecule has 0 radical (unpaired) electrons. The number of anilines is 1. The van der Waals surface area contributed by atoms with Crippen LogP contribution in [0, 0.1) is 0 Å². The second-order valence-electron chi connectivity index (χ2n) is 3.23. The molecule has 0 saturated heterocycles. The third-order valence-electron chi connectivity index (χ3n) is 2.46. The maximum Gasteiger partial charge on any atom is 0.0612 e. The average Bonchev–Trinajstić information content (AvgIpc) is 2.19. The van der Waals surface area contributed by atoms with Gasteiger partial charge in [-0.1, -0.05) is 31.2 Å². The molecule has 1 heterocycles. The van der Waals surface area contributed by atoms with E-state index in [1.165, 1.54) is 5.56 Å². The van der Waals surface area contributed by atoms with Crippen LogP contribution in [0.3, 0.4) is 0 Å². The van der Waals surface area contributed by atoms with E-state index in [0.717, 1.165) is 12.1 Å². The Morgan fingerprint density at radius 3 is 2.92 bits per heavy atom. The van der Waals surface area contributed by atoms with E-state index in [0.29, 0.717) is 5.92 Å². The molecule has 1 aromatic carbocycles. The van der Waals surface area contributed by atoms with Gasteiger partial charge in [0.2, 0.25) is 0 Å². The van der Waals surface area contributed by atoms with Gasteiger partial charge in [-0.05, 0) is 18.1 Å². The molecule has 0 saturated carbocycles. The Balaban J connectivity index is 2.48. The van der Waals surface area contributed by atoms with Gasteiger partial charge >= 0.3 is 0 Å². The van der Waals surface area contributed by atoms with Crippen molar-refractivity contribution in [3.63, 3.8) is 0 Å². The van der Waals surface area contributed by atoms with E-state index in [4.69, 9.17) is 11.8 Å². The number of halogens is 1. The van der Waals surface area contributed by atoms with Gasteiger partial charge in [-0.3, -0.25) is 4.42 Å². The molecule has 0 amide bonds. The number of hydrogen-bond donors (Lipinski definition) is 0. The third kappa shape index (κ3) is 1.44. The summed E-state index contributed by atoms with van der Waals surface area (Å²) >= 11 is 6.02. The quantitative estimate of drug-likeness (QED) is 0.616. The number of rotatable bonds is 1. The summed E-state index contributed by atoms with van der Waals surface area (Å²) in [6.45, 7) is 2.19. The lowest BCUT2D eigenvalue weighted by atomic mass is 9.93. The van der Waals surface area contributed by atoms with Crippen molar-refractivity contribution in [1.29, 1.82) is 0 Å². The molecule has 1 aliphatic heterocycles. The van der Waals surface area contributed by atoms with Crippen molar-refractivity contribution in [3.05, 3.63) is 42.1 Å². The summed E-state index contributed by atoms with van der Waals surface area (Å²) in [7, 11) is 0. The zero-order chi connectivity index (χ0) is 9.26. The van der Waals surface area contributed by atoms with Crippen molar-refractivity contribution < 1.29 is 0 Å². The molecule has 2 heteroatoms. The molecular weight excluding hydrogens is 182 g/mol. The van der Waals surface area contributed by atoms with E-state index in [1.54, 1.807) is 4.42 Å². The Bertz CT molecular complexity index is 333. The first-order valence-electron chi connectivity index (χ1n) is 4.55. The van der Waals surface area contributed by atoms with Crippen molar-refractivity contribution in [2.75, 3.05) is 4.42 Å². The van der Waals surface area contributed by atoms with E-state index in [9.17, 15) is 0 Å². The number of nitrogens with zero attached hydrogens (tertiary/aromatic N) is 1. The van der Waals surface area contributed by atoms with Crippen LogP contribution in [-0.2, 0) is 0 Å². The molecule has 2 rings (SSSR count). The summed E-state index contributed by atoms with van der Waals surface area (Å²) in [5.74, 6) is 0.520. The molecule has 0 N–H and O–H groups in total. The fourth-order valence-electron chi connectivity index (χ4n) is 1.72. The maximum absolute atomic E-state index is 6.02. The molecule has 0 spiro atoms. The molecule has 1 aromatic rings. The van der Waals surface area contributed by atoms with E-state index >= 15 is 0 Å². The third-order valence-corrected chi connectivity index (χ3v) is 2.75. The Morgan fingerprint density at radius 2 is 2.15 bits per heavy atom. The van der Waals surface area contributed by atoms with E-state index in [-0.39, 0.29) is 0 Å². The normalized spacial score (nSPS) is 20.2. The molecule has 1 nitrogen and oxygen atoms in total. The Kier molecular flexibility index (Phi) is 2.28. The summed E-state index contributed by atoms with van der Waals surface area (Å²) in [6.07, 6.45) is 5.20. The predicted octanol–water partition coefficient (Wildman–Crippen LogP) is 3.67. The summed E-state index contributed by atoms with van der Waals surface area (Å²) in [6, 6.07) is 8.27. The number of hydrogen-bond acceptors (Lipinski definition) is 1. The topological polar surface area (TPSA) is 3.24 Å². The van der Waals surface area contributed by atoms with Crippen LogP contribution >= 0.6 is 11.8 Å². The number of para-hydroxylation sites is 1. The van der Waals surface area contributed by atoms with E-state index < -0.39 is 0 Å². The first-order chi connectivity index (χ1) is 6.33. The Morgan fingerprint density at radius 1 is 1.38 bits per heavy atom. The van der Waals surface area contributed by atoms with Gasteiger partial charge in [0.05, 0.1) is 5.69 Å². The smallest absolute Gasteiger partial charge is 0.0612 e. The largest absolute Gasteiger partial charge is 0.261 e. The van der Waals surface area contributed by atoms with Crippen molar-refractivity contribution in [2.45, 2.75) is 19.3 Å². The average molecular weight is 194 g/mol. The molecule has 1 unspecified atom stereocenters. The molecule has 68 valence electrons. The monoisotopic (exact) mass is 193 g/mol. The van der Waals surface area contributed by atoms with E-state index in [2.05, 4.69) is 31.2 Å². The van der Waals surface area contributed by atoms with Gasteiger partial charge in [0.1, 0.15) is 0 Å². The van der Waals surface area contributed by atoms with Gasteiger partial charge in [-0.25, -0.2) is 0 Å². The number of allylic oxidation sites excluding steroid dienone is 1. The van der Waals surface area contributed by atoms with Crippen molar-refractivity contribution >= 4 is 17.5 Å². The molecule has 1 aliphatic rings. The maximum atomic E-state index is 6.02. The lowest BCUT2D eigenvalue weighted by Crippen LogP contribution is -2.11. The van der Waals surface area contributed by atoms with Crippen LogP contribution < -0.4 is 4.42 Å². The number of benzene rings is 1. The second kappa shape index (κ2) is 3.43. The zero-order valence-corrected chi connectivity index (χ0v) is 8.33. The minimum absolute atomic E-state index is 0.520. The lowest BCUT2D eigenvalue weighted by molar-refractivity contribution is 0.794. The Hall–Kier alpha value is -0.950. The summed E-state index contributed by atoms with van der Waals surface area (Å²) in [4.78, 5) is 0. The van der Waals surface area contributed by atoms with Gasteiger partial charge < -0.3 is 0 Å². The SMILES string of the molecule is CCC1C=CN(Cl)c2ccccc21.